The first-order valence-corrected chi connectivity index (χ1v) is 6.90. The summed E-state index contributed by atoms with van der Waals surface area (Å²) in [6.07, 6.45) is 3.71. The molecule has 106 valence electrons. The zero-order valence-corrected chi connectivity index (χ0v) is 11.7. The van der Waals surface area contributed by atoms with Gasteiger partial charge in [0.25, 0.3) is 0 Å². The molecule has 0 spiro atoms. The second-order valence-corrected chi connectivity index (χ2v) is 5.79. The van der Waals surface area contributed by atoms with Crippen LogP contribution in [-0.2, 0) is 0 Å². The molecule has 0 aromatic heterocycles. The van der Waals surface area contributed by atoms with E-state index in [1.54, 1.807) is 11.0 Å². The largest absolute Gasteiger partial charge is 0.388 e. The number of likely N-dealkylation sites (N-methyl/N-ethyl adjacent to an activating group) is 1. The molecule has 0 radical (unpaired) electrons. The molecule has 1 aromatic carbocycles. The van der Waals surface area contributed by atoms with Gasteiger partial charge in [0.15, 0.2) is 0 Å². The van der Waals surface area contributed by atoms with Crippen LogP contribution in [0.1, 0.15) is 44.2 Å². The highest BCUT2D eigenvalue weighted by Crippen LogP contribution is 2.32. The quantitative estimate of drug-likeness (QED) is 0.880. The molecule has 1 fully saturated rings. The van der Waals surface area contributed by atoms with E-state index in [9.17, 15) is 9.50 Å². The van der Waals surface area contributed by atoms with Gasteiger partial charge in [-0.05, 0) is 37.5 Å². The van der Waals surface area contributed by atoms with Crippen LogP contribution in [0, 0.1) is 5.82 Å². The van der Waals surface area contributed by atoms with Crippen LogP contribution in [0.4, 0.5) is 10.1 Å². The summed E-state index contributed by atoms with van der Waals surface area (Å²) in [5, 5.41) is 10.4. The Labute approximate surface area is 114 Å². The van der Waals surface area contributed by atoms with Crippen molar-refractivity contribution in [1.82, 2.24) is 0 Å². The fourth-order valence-electron chi connectivity index (χ4n) is 2.83. The number of anilines is 1. The minimum absolute atomic E-state index is 0.173. The van der Waals surface area contributed by atoms with Crippen LogP contribution in [-0.4, -0.2) is 24.3 Å². The highest BCUT2D eigenvalue weighted by atomic mass is 19.1. The first-order chi connectivity index (χ1) is 8.91. The molecular weight excluding hydrogens is 243 g/mol. The summed E-state index contributed by atoms with van der Waals surface area (Å²) in [6, 6.07) is 4.90. The highest BCUT2D eigenvalue weighted by molar-refractivity contribution is 5.49. The second-order valence-electron chi connectivity index (χ2n) is 5.79. The Balaban J connectivity index is 2.12. The van der Waals surface area contributed by atoms with Gasteiger partial charge in [-0.2, -0.15) is 0 Å². The predicted molar refractivity (Wildman–Crippen MR) is 75.7 cm³/mol. The van der Waals surface area contributed by atoms with Crippen LogP contribution in [0.3, 0.4) is 0 Å². The number of hydrogen-bond acceptors (Lipinski definition) is 3. The van der Waals surface area contributed by atoms with Crippen molar-refractivity contribution in [3.8, 4) is 0 Å². The summed E-state index contributed by atoms with van der Waals surface area (Å²) in [5.41, 5.74) is 6.38. The molecular formula is C15H23FN2O. The van der Waals surface area contributed by atoms with Gasteiger partial charge in [-0.15, -0.1) is 0 Å². The van der Waals surface area contributed by atoms with Crippen LogP contribution in [0.5, 0.6) is 0 Å². The summed E-state index contributed by atoms with van der Waals surface area (Å²) >= 11 is 0. The van der Waals surface area contributed by atoms with Crippen molar-refractivity contribution in [2.75, 3.05) is 18.5 Å². The molecule has 3 N–H and O–H groups in total. The molecule has 0 amide bonds. The van der Waals surface area contributed by atoms with Gasteiger partial charge in [0.2, 0.25) is 0 Å². The Hall–Kier alpha value is -1.13. The average molecular weight is 266 g/mol. The lowest BCUT2D eigenvalue weighted by atomic mass is 10.0. The Morgan fingerprint density at radius 3 is 2.58 bits per heavy atom. The Kier molecular flexibility index (Phi) is 4.11. The van der Waals surface area contributed by atoms with E-state index in [-0.39, 0.29) is 11.9 Å². The number of halogens is 1. The van der Waals surface area contributed by atoms with Crippen molar-refractivity contribution in [3.63, 3.8) is 0 Å². The van der Waals surface area contributed by atoms with E-state index in [0.717, 1.165) is 31.2 Å². The van der Waals surface area contributed by atoms with Gasteiger partial charge in [0.05, 0.1) is 11.3 Å². The number of nitrogens with two attached hydrogens (primary N) is 1. The van der Waals surface area contributed by atoms with Crippen molar-refractivity contribution in [3.05, 3.63) is 29.6 Å². The lowest BCUT2D eigenvalue weighted by Gasteiger charge is -2.30. The first-order valence-electron chi connectivity index (χ1n) is 6.90. The van der Waals surface area contributed by atoms with Gasteiger partial charge >= 0.3 is 0 Å². The minimum atomic E-state index is -0.666. The molecule has 0 bridgehead atoms. The summed E-state index contributed by atoms with van der Waals surface area (Å²) in [6.45, 7) is 2.31. The smallest absolute Gasteiger partial charge is 0.146 e. The average Bonchev–Trinajstić information content (AvgIpc) is 2.75. The highest BCUT2D eigenvalue weighted by Gasteiger charge is 2.32. The fourth-order valence-corrected chi connectivity index (χ4v) is 2.83. The van der Waals surface area contributed by atoms with Crippen LogP contribution in [0.15, 0.2) is 18.2 Å². The van der Waals surface area contributed by atoms with Gasteiger partial charge < -0.3 is 15.7 Å². The maximum absolute atomic E-state index is 14.1. The molecule has 19 heavy (non-hydrogen) atoms. The molecule has 4 heteroatoms. The topological polar surface area (TPSA) is 49.5 Å². The van der Waals surface area contributed by atoms with Crippen LogP contribution in [0.2, 0.25) is 0 Å². The van der Waals surface area contributed by atoms with Crippen LogP contribution < -0.4 is 10.6 Å². The normalized spacial score (nSPS) is 19.4. The predicted octanol–water partition coefficient (Wildman–Crippen LogP) is 2.59. The minimum Gasteiger partial charge on any atom is -0.388 e. The Morgan fingerprint density at radius 1 is 1.42 bits per heavy atom. The van der Waals surface area contributed by atoms with Crippen molar-refractivity contribution in [2.45, 2.75) is 44.2 Å². The molecule has 1 saturated carbocycles. The Bertz CT molecular complexity index is 442. The van der Waals surface area contributed by atoms with Crippen LogP contribution in [0.25, 0.3) is 0 Å². The van der Waals surface area contributed by atoms with E-state index in [2.05, 4.69) is 0 Å². The van der Waals surface area contributed by atoms with Crippen molar-refractivity contribution >= 4 is 5.69 Å². The zero-order valence-electron chi connectivity index (χ0n) is 11.7. The van der Waals surface area contributed by atoms with Gasteiger partial charge in [-0.25, -0.2) is 4.39 Å². The zero-order chi connectivity index (χ0) is 14.0. The van der Waals surface area contributed by atoms with E-state index >= 15 is 0 Å². The molecule has 2 rings (SSSR count). The molecule has 0 saturated heterocycles. The van der Waals surface area contributed by atoms with E-state index in [1.807, 2.05) is 20.0 Å². The van der Waals surface area contributed by atoms with Gasteiger partial charge in [0, 0.05) is 19.6 Å². The molecule has 1 aliphatic carbocycles. The van der Waals surface area contributed by atoms with E-state index in [1.165, 1.54) is 6.07 Å². The third kappa shape index (κ3) is 3.25. The van der Waals surface area contributed by atoms with Gasteiger partial charge in [-0.3, -0.25) is 0 Å². The number of aliphatic hydroxyl groups is 1. The maximum atomic E-state index is 14.1. The number of nitrogens with zero attached hydrogens (tertiary/aromatic N) is 1. The number of benzene rings is 1. The fraction of sp³-hybridized carbons (Fsp3) is 0.600. The SMILES string of the molecule is C[C@@H](N)c1ccc(N(C)CC2(O)CCCC2)c(F)c1. The summed E-state index contributed by atoms with van der Waals surface area (Å²) in [4.78, 5) is 1.80. The second kappa shape index (κ2) is 5.47. The van der Waals surface area contributed by atoms with Crippen molar-refractivity contribution < 1.29 is 9.50 Å². The third-order valence-corrected chi connectivity index (χ3v) is 3.97. The van der Waals surface area contributed by atoms with Crippen molar-refractivity contribution in [1.29, 1.82) is 0 Å². The molecule has 0 aliphatic heterocycles. The lowest BCUT2D eigenvalue weighted by molar-refractivity contribution is 0.0558. The number of rotatable bonds is 4. The first kappa shape index (κ1) is 14.3. The summed E-state index contributed by atoms with van der Waals surface area (Å²) < 4.78 is 14.1. The standard InChI is InChI=1S/C15H23FN2O/c1-11(17)12-5-6-14(13(16)9-12)18(2)10-15(19)7-3-4-8-15/h5-6,9,11,19H,3-4,7-8,10,17H2,1-2H3/t11-/m1/s1. The summed E-state index contributed by atoms with van der Waals surface area (Å²) in [5.74, 6) is -0.279. The molecule has 1 atom stereocenters. The molecule has 0 unspecified atom stereocenters. The van der Waals surface area contributed by atoms with Crippen LogP contribution >= 0.6 is 0 Å². The van der Waals surface area contributed by atoms with Crippen molar-refractivity contribution in [2.24, 2.45) is 5.73 Å². The van der Waals surface area contributed by atoms with E-state index in [4.69, 9.17) is 5.73 Å². The Morgan fingerprint density at radius 2 is 2.05 bits per heavy atom. The third-order valence-electron chi connectivity index (χ3n) is 3.97. The molecule has 0 heterocycles. The van der Waals surface area contributed by atoms with Gasteiger partial charge in [0.1, 0.15) is 5.82 Å². The lowest BCUT2D eigenvalue weighted by Crippen LogP contribution is -2.39. The van der Waals surface area contributed by atoms with E-state index in [0.29, 0.717) is 12.2 Å². The summed E-state index contributed by atoms with van der Waals surface area (Å²) in [7, 11) is 1.82. The molecule has 3 nitrogen and oxygen atoms in total. The number of hydrogen-bond donors (Lipinski definition) is 2. The monoisotopic (exact) mass is 266 g/mol. The molecule has 1 aliphatic rings. The molecule has 1 aromatic rings. The van der Waals surface area contributed by atoms with Gasteiger partial charge in [-0.1, -0.05) is 18.9 Å². The maximum Gasteiger partial charge on any atom is 0.146 e. The van der Waals surface area contributed by atoms with E-state index < -0.39 is 5.60 Å².